The van der Waals surface area contributed by atoms with Crippen LogP contribution in [0.25, 0.3) is 0 Å². The van der Waals surface area contributed by atoms with Crippen LogP contribution in [0.3, 0.4) is 0 Å². The molecule has 4 amide bonds. The van der Waals surface area contributed by atoms with Crippen LogP contribution in [0.2, 0.25) is 0 Å². The highest BCUT2D eigenvalue weighted by Gasteiger charge is 2.38. The summed E-state index contributed by atoms with van der Waals surface area (Å²) < 4.78 is 0. The molecule has 0 bridgehead atoms. The molecule has 3 rings (SSSR count). The highest BCUT2D eigenvalue weighted by atomic mass is 16.3. The number of nitrogens with zero attached hydrogens (tertiary/aromatic N) is 5. The van der Waals surface area contributed by atoms with Crippen LogP contribution in [0.15, 0.2) is 39.9 Å². The zero-order chi connectivity index (χ0) is 20.7. The Bertz CT molecular complexity index is 923. The maximum Gasteiger partial charge on any atom is 0.327 e. The molecule has 1 aromatic carbocycles. The van der Waals surface area contributed by atoms with Gasteiger partial charge in [-0.2, -0.15) is 0 Å². The molecule has 1 atom stereocenters. The average molecular weight is 386 g/mol. The number of urea groups is 1. The Labute approximate surface area is 161 Å². The number of fused-ring (bicyclic) bond motifs is 1. The van der Waals surface area contributed by atoms with E-state index in [-0.39, 0.29) is 40.2 Å². The molecule has 0 radical (unpaired) electrons. The first-order valence-electron chi connectivity index (χ1n) is 8.74. The molecule has 2 aliphatic heterocycles. The van der Waals surface area contributed by atoms with Crippen molar-refractivity contribution in [2.45, 2.75) is 20.1 Å². The van der Waals surface area contributed by atoms with Gasteiger partial charge in [-0.05, 0) is 18.1 Å². The number of hydrogen-bond donors (Lipinski definition) is 2. The minimum absolute atomic E-state index is 0.0296. The number of rotatable bonds is 4. The number of benzene rings is 1. The number of azo groups is 1. The van der Waals surface area contributed by atoms with Crippen LogP contribution >= 0.6 is 0 Å². The number of aliphatic hydroxyl groups is 1. The second-order valence-electron chi connectivity index (χ2n) is 7.11. The van der Waals surface area contributed by atoms with Gasteiger partial charge in [0, 0.05) is 20.6 Å². The Morgan fingerprint density at radius 2 is 1.82 bits per heavy atom. The third-order valence-corrected chi connectivity index (χ3v) is 4.61. The Morgan fingerprint density at radius 1 is 1.14 bits per heavy atom. The zero-order valence-corrected chi connectivity index (χ0v) is 16.1. The number of carbonyl (C=O) groups is 3. The van der Waals surface area contributed by atoms with Crippen molar-refractivity contribution in [1.82, 2.24) is 14.7 Å². The van der Waals surface area contributed by atoms with E-state index in [4.69, 9.17) is 5.73 Å². The van der Waals surface area contributed by atoms with Crippen LogP contribution in [0.4, 0.5) is 10.5 Å². The lowest BCUT2D eigenvalue weighted by atomic mass is 10.1. The summed E-state index contributed by atoms with van der Waals surface area (Å²) in [7, 11) is 2.85. The van der Waals surface area contributed by atoms with Gasteiger partial charge in [-0.1, -0.05) is 19.9 Å². The van der Waals surface area contributed by atoms with Crippen molar-refractivity contribution in [3.8, 4) is 0 Å². The van der Waals surface area contributed by atoms with Crippen molar-refractivity contribution in [2.24, 2.45) is 21.9 Å². The second kappa shape index (κ2) is 7.04. The largest absolute Gasteiger partial charge is 0.383 e. The molecule has 0 aliphatic carbocycles. The van der Waals surface area contributed by atoms with Gasteiger partial charge in [0.1, 0.15) is 5.82 Å². The van der Waals surface area contributed by atoms with E-state index in [0.717, 1.165) is 9.80 Å². The lowest BCUT2D eigenvalue weighted by Crippen LogP contribution is -2.51. The van der Waals surface area contributed by atoms with Gasteiger partial charge in [0.25, 0.3) is 11.8 Å². The van der Waals surface area contributed by atoms with E-state index in [1.54, 1.807) is 18.2 Å². The van der Waals surface area contributed by atoms with Gasteiger partial charge in [0.05, 0.1) is 16.8 Å². The molecule has 0 saturated heterocycles. The van der Waals surface area contributed by atoms with Crippen LogP contribution in [-0.2, 0) is 0 Å². The van der Waals surface area contributed by atoms with Gasteiger partial charge < -0.3 is 10.8 Å². The third-order valence-electron chi connectivity index (χ3n) is 4.61. The zero-order valence-electron chi connectivity index (χ0n) is 16.1. The van der Waals surface area contributed by atoms with Crippen LogP contribution in [0.5, 0.6) is 0 Å². The SMILES string of the molecule is CC(C)CN1C(=O)c2cccc(N=NC3=C(N)N(C)C(=O)N(C)C3O)c2C1=O. The molecule has 1 aromatic rings. The normalized spacial score (nSPS) is 20.3. The molecule has 1 unspecified atom stereocenters. The molecule has 0 spiro atoms. The lowest BCUT2D eigenvalue weighted by molar-refractivity contribution is 0.0496. The number of amides is 4. The summed E-state index contributed by atoms with van der Waals surface area (Å²) in [5, 5.41) is 18.3. The molecule has 10 heteroatoms. The smallest absolute Gasteiger partial charge is 0.327 e. The van der Waals surface area contributed by atoms with E-state index in [1.165, 1.54) is 19.0 Å². The van der Waals surface area contributed by atoms with Crippen molar-refractivity contribution < 1.29 is 19.5 Å². The Hall–Kier alpha value is -3.27. The van der Waals surface area contributed by atoms with Crippen LogP contribution < -0.4 is 5.73 Å². The highest BCUT2D eigenvalue weighted by molar-refractivity contribution is 6.23. The van der Waals surface area contributed by atoms with Gasteiger partial charge >= 0.3 is 6.03 Å². The quantitative estimate of drug-likeness (QED) is 0.597. The van der Waals surface area contributed by atoms with Gasteiger partial charge in [0.2, 0.25) is 0 Å². The highest BCUT2D eigenvalue weighted by Crippen LogP contribution is 2.33. The molecular weight excluding hydrogens is 364 g/mol. The molecule has 28 heavy (non-hydrogen) atoms. The predicted molar refractivity (Wildman–Crippen MR) is 99.3 cm³/mol. The molecular formula is C18H22N6O4. The van der Waals surface area contributed by atoms with Crippen molar-refractivity contribution in [1.29, 1.82) is 0 Å². The summed E-state index contributed by atoms with van der Waals surface area (Å²) in [6, 6.07) is 4.23. The van der Waals surface area contributed by atoms with Crippen molar-refractivity contribution in [3.05, 3.63) is 40.8 Å². The minimum atomic E-state index is -1.38. The number of hydrogen-bond acceptors (Lipinski definition) is 7. The van der Waals surface area contributed by atoms with E-state index in [9.17, 15) is 19.5 Å². The van der Waals surface area contributed by atoms with Crippen LogP contribution in [-0.4, -0.2) is 64.5 Å². The molecule has 0 saturated carbocycles. The molecule has 148 valence electrons. The standard InChI is InChI=1S/C18H22N6O4/c1-9(2)8-24-15(25)10-6-5-7-11(12(10)16(24)26)20-21-13-14(19)22(3)18(28)23(4)17(13)27/h5-7,9,17,27H,8,19H2,1-4H3. The first-order valence-corrected chi connectivity index (χ1v) is 8.74. The number of carbonyl (C=O) groups excluding carboxylic acids is 3. The van der Waals surface area contributed by atoms with Gasteiger partial charge in [-0.15, -0.1) is 10.2 Å². The minimum Gasteiger partial charge on any atom is -0.383 e. The molecule has 2 aliphatic rings. The van der Waals surface area contributed by atoms with E-state index < -0.39 is 18.2 Å². The van der Waals surface area contributed by atoms with Crippen LogP contribution in [0, 0.1) is 5.92 Å². The first kappa shape index (κ1) is 19.5. The molecule has 0 fully saturated rings. The Kier molecular flexibility index (Phi) is 4.90. The van der Waals surface area contributed by atoms with E-state index in [0.29, 0.717) is 6.54 Å². The average Bonchev–Trinajstić information content (AvgIpc) is 2.90. The topological polar surface area (TPSA) is 132 Å². The maximum atomic E-state index is 12.7. The van der Waals surface area contributed by atoms with E-state index in [2.05, 4.69) is 10.2 Å². The number of imide groups is 1. The summed E-state index contributed by atoms with van der Waals surface area (Å²) in [6.45, 7) is 4.13. The van der Waals surface area contributed by atoms with Crippen molar-refractivity contribution >= 4 is 23.5 Å². The lowest BCUT2D eigenvalue weighted by Gasteiger charge is -2.34. The van der Waals surface area contributed by atoms with Gasteiger partial charge in [-0.3, -0.25) is 24.3 Å². The summed E-state index contributed by atoms with van der Waals surface area (Å²) in [4.78, 5) is 40.6. The molecule has 2 heterocycles. The predicted octanol–water partition coefficient (Wildman–Crippen LogP) is 1.47. The van der Waals surface area contributed by atoms with Crippen LogP contribution in [0.1, 0.15) is 34.6 Å². The second-order valence-corrected chi connectivity index (χ2v) is 7.11. The molecule has 3 N–H and O–H groups in total. The fourth-order valence-corrected chi connectivity index (χ4v) is 3.07. The molecule has 0 aromatic heterocycles. The maximum absolute atomic E-state index is 12.7. The summed E-state index contributed by atoms with van der Waals surface area (Å²) in [6.07, 6.45) is -1.38. The number of likely N-dealkylation sites (N-methyl/N-ethyl adjacent to an activating group) is 1. The summed E-state index contributed by atoms with van der Waals surface area (Å²) in [5.74, 6) is -0.722. The fourth-order valence-electron chi connectivity index (χ4n) is 3.07. The monoisotopic (exact) mass is 386 g/mol. The van der Waals surface area contributed by atoms with E-state index in [1.807, 2.05) is 13.8 Å². The van der Waals surface area contributed by atoms with E-state index >= 15 is 0 Å². The molecule has 10 nitrogen and oxygen atoms in total. The number of nitrogens with two attached hydrogens (primary N) is 1. The van der Waals surface area contributed by atoms with Gasteiger partial charge in [-0.25, -0.2) is 4.79 Å². The number of aliphatic hydroxyl groups excluding tert-OH is 1. The van der Waals surface area contributed by atoms with Crippen molar-refractivity contribution in [3.63, 3.8) is 0 Å². The first-order chi connectivity index (χ1) is 13.1. The Morgan fingerprint density at radius 3 is 2.46 bits per heavy atom. The third kappa shape index (κ3) is 3.01. The van der Waals surface area contributed by atoms with Gasteiger partial charge in [0.15, 0.2) is 11.9 Å². The fraction of sp³-hybridized carbons (Fsp3) is 0.389. The van der Waals surface area contributed by atoms with Crippen molar-refractivity contribution in [2.75, 3.05) is 20.6 Å². The summed E-state index contributed by atoms with van der Waals surface area (Å²) >= 11 is 0. The Balaban J connectivity index is 1.99. The summed E-state index contributed by atoms with van der Waals surface area (Å²) in [5.41, 5.74) is 6.47.